The van der Waals surface area contributed by atoms with Crippen molar-refractivity contribution in [1.82, 2.24) is 29.5 Å². The summed E-state index contributed by atoms with van der Waals surface area (Å²) in [6.07, 6.45) is 0.189. The summed E-state index contributed by atoms with van der Waals surface area (Å²) in [6.45, 7) is 5.78. The van der Waals surface area contributed by atoms with Gasteiger partial charge in [0.1, 0.15) is 6.10 Å². The van der Waals surface area contributed by atoms with Crippen LogP contribution in [0.2, 0.25) is 0 Å². The van der Waals surface area contributed by atoms with E-state index in [2.05, 4.69) is 19.8 Å². The number of halogens is 3. The molecule has 0 unspecified atom stereocenters. The van der Waals surface area contributed by atoms with Crippen LogP contribution in [-0.2, 0) is 28.6 Å². The van der Waals surface area contributed by atoms with E-state index in [0.717, 1.165) is 34.5 Å². The van der Waals surface area contributed by atoms with Gasteiger partial charge in [-0.3, -0.25) is 4.90 Å². The number of morpholine rings is 1. The molecule has 0 aliphatic carbocycles. The Bertz CT molecular complexity index is 1880. The zero-order valence-electron chi connectivity index (χ0n) is 26.5. The van der Waals surface area contributed by atoms with Crippen molar-refractivity contribution in [1.29, 1.82) is 0 Å². The quantitative estimate of drug-likeness (QED) is 0.212. The van der Waals surface area contributed by atoms with Gasteiger partial charge in [-0.2, -0.15) is 13.2 Å². The van der Waals surface area contributed by atoms with Crippen molar-refractivity contribution >= 4 is 17.4 Å². The highest BCUT2D eigenvalue weighted by Crippen LogP contribution is 2.35. The van der Waals surface area contributed by atoms with Gasteiger partial charge in [0.05, 0.1) is 53.9 Å². The first-order chi connectivity index (χ1) is 23.2. The molecule has 2 saturated heterocycles. The number of nitrogens with one attached hydrogen (secondary N) is 1. The minimum atomic E-state index is -4.47. The van der Waals surface area contributed by atoms with Gasteiger partial charge in [0, 0.05) is 44.7 Å². The van der Waals surface area contributed by atoms with Crippen LogP contribution in [0, 0.1) is 6.92 Å². The molecule has 0 bridgehead atoms. The zero-order chi connectivity index (χ0) is 33.3. The van der Waals surface area contributed by atoms with Crippen molar-refractivity contribution in [2.24, 2.45) is 0 Å². The van der Waals surface area contributed by atoms with Crippen molar-refractivity contribution in [3.05, 3.63) is 101 Å². The minimum absolute atomic E-state index is 0.185. The van der Waals surface area contributed by atoms with E-state index in [9.17, 15) is 18.0 Å². The van der Waals surface area contributed by atoms with Gasteiger partial charge in [-0.25, -0.2) is 19.3 Å². The van der Waals surface area contributed by atoms with Gasteiger partial charge in [-0.1, -0.05) is 30.3 Å². The third kappa shape index (κ3) is 6.65. The zero-order valence-corrected chi connectivity index (χ0v) is 26.5. The molecule has 5 aromatic rings. The van der Waals surface area contributed by atoms with Gasteiger partial charge in [0.15, 0.2) is 11.5 Å². The fourth-order valence-electron chi connectivity index (χ4n) is 6.50. The minimum Gasteiger partial charge on any atom is -0.459 e. The number of ether oxygens (including phenoxy) is 2. The molecule has 1 N–H and O–H groups in total. The van der Waals surface area contributed by atoms with Gasteiger partial charge < -0.3 is 19.4 Å². The number of aromatic nitrogens is 5. The lowest BCUT2D eigenvalue weighted by Gasteiger charge is -2.31. The number of carbonyl (C=O) groups excluding carboxylic acids is 1. The van der Waals surface area contributed by atoms with Crippen molar-refractivity contribution < 1.29 is 27.4 Å². The SMILES string of the molecule is Cc1c(Cc2c(CN3CCC(OC(=O)c4ccccc4)CC3)nc3c(-c4cnc[nH]4)cc(N4CCOCC4)nn23)cccc1C(F)(F)F. The highest BCUT2D eigenvalue weighted by atomic mass is 19.4. The van der Waals surface area contributed by atoms with Crippen molar-refractivity contribution in [2.45, 2.75) is 45.0 Å². The summed E-state index contributed by atoms with van der Waals surface area (Å²) in [7, 11) is 0. The number of nitrogens with zero attached hydrogens (tertiary/aromatic N) is 6. The Hall–Kier alpha value is -4.75. The molecule has 7 rings (SSSR count). The average molecular weight is 660 g/mol. The lowest BCUT2D eigenvalue weighted by atomic mass is 9.97. The standard InChI is InChI=1S/C35H36F3N7O3/c1-23-25(8-5-9-28(23)35(36,37)38)18-31-30(21-43-12-10-26(11-13-43)48-34(46)24-6-3-2-4-7-24)41-33-27(29-20-39-22-40-29)19-32(42-45(31)33)44-14-16-47-17-15-44/h2-9,19-20,22,26H,10-18,21H2,1H3,(H,39,40). The monoisotopic (exact) mass is 659 g/mol. The van der Waals surface area contributed by atoms with Crippen LogP contribution in [-0.4, -0.2) is 80.9 Å². The molecule has 2 aromatic carbocycles. The molecule has 3 aromatic heterocycles. The first-order valence-electron chi connectivity index (χ1n) is 16.1. The Morgan fingerprint density at radius 1 is 1.04 bits per heavy atom. The van der Waals surface area contributed by atoms with Gasteiger partial charge >= 0.3 is 12.1 Å². The first kappa shape index (κ1) is 31.8. The molecule has 0 amide bonds. The number of likely N-dealkylation sites (tertiary alicyclic amines) is 1. The summed E-state index contributed by atoms with van der Waals surface area (Å²) >= 11 is 0. The van der Waals surface area contributed by atoms with Crippen molar-refractivity contribution in [2.75, 3.05) is 44.3 Å². The van der Waals surface area contributed by atoms with Crippen LogP contribution in [0.5, 0.6) is 0 Å². The second kappa shape index (κ2) is 13.4. The summed E-state index contributed by atoms with van der Waals surface area (Å²) in [5.41, 5.74) is 4.22. The third-order valence-corrected chi connectivity index (χ3v) is 9.17. The number of hydrogen-bond acceptors (Lipinski definition) is 8. The molecule has 0 saturated carbocycles. The van der Waals surface area contributed by atoms with Gasteiger partial charge in [0.2, 0.25) is 0 Å². The van der Waals surface area contributed by atoms with Crippen LogP contribution in [0.4, 0.5) is 19.0 Å². The highest BCUT2D eigenvalue weighted by Gasteiger charge is 2.33. The number of piperidine rings is 1. The maximum Gasteiger partial charge on any atom is 0.416 e. The second-order valence-electron chi connectivity index (χ2n) is 12.2. The summed E-state index contributed by atoms with van der Waals surface area (Å²) in [6, 6.07) is 15.3. The molecule has 48 heavy (non-hydrogen) atoms. The van der Waals surface area contributed by atoms with Gasteiger partial charge in [0.25, 0.3) is 0 Å². The smallest absolute Gasteiger partial charge is 0.416 e. The average Bonchev–Trinajstić information content (AvgIpc) is 3.75. The number of anilines is 1. The maximum absolute atomic E-state index is 13.9. The van der Waals surface area contributed by atoms with E-state index < -0.39 is 11.7 Å². The van der Waals surface area contributed by atoms with Crippen molar-refractivity contribution in [3.8, 4) is 11.3 Å². The van der Waals surface area contributed by atoms with Crippen LogP contribution in [0.15, 0.2) is 67.1 Å². The number of aromatic amines is 1. The van der Waals surface area contributed by atoms with E-state index in [1.54, 1.807) is 35.2 Å². The largest absolute Gasteiger partial charge is 0.459 e. The Morgan fingerprint density at radius 2 is 1.81 bits per heavy atom. The Morgan fingerprint density at radius 3 is 2.52 bits per heavy atom. The summed E-state index contributed by atoms with van der Waals surface area (Å²) < 4.78 is 55.0. The van der Waals surface area contributed by atoms with E-state index in [0.29, 0.717) is 75.6 Å². The number of hydrogen-bond donors (Lipinski definition) is 1. The van der Waals surface area contributed by atoms with E-state index >= 15 is 0 Å². The Balaban J connectivity index is 1.24. The summed E-state index contributed by atoms with van der Waals surface area (Å²) in [4.78, 5) is 29.6. The summed E-state index contributed by atoms with van der Waals surface area (Å²) in [5.74, 6) is 0.393. The Labute approximate surface area is 275 Å². The molecule has 5 heterocycles. The fourth-order valence-corrected chi connectivity index (χ4v) is 6.50. The molecule has 250 valence electrons. The van der Waals surface area contributed by atoms with Crippen LogP contribution in [0.25, 0.3) is 16.9 Å². The molecule has 10 nitrogen and oxygen atoms in total. The number of esters is 1. The first-order valence-corrected chi connectivity index (χ1v) is 16.1. The molecular weight excluding hydrogens is 623 g/mol. The molecule has 0 radical (unpaired) electrons. The number of alkyl halides is 3. The van der Waals surface area contributed by atoms with Crippen molar-refractivity contribution in [3.63, 3.8) is 0 Å². The van der Waals surface area contributed by atoms with Crippen LogP contribution < -0.4 is 4.90 Å². The number of H-pyrrole nitrogens is 1. The Kier molecular flexibility index (Phi) is 8.88. The van der Waals surface area contributed by atoms with E-state index in [1.165, 1.54) is 13.0 Å². The van der Waals surface area contributed by atoms with Crippen LogP contribution in [0.3, 0.4) is 0 Å². The number of rotatable bonds is 8. The molecule has 0 spiro atoms. The number of fused-ring (bicyclic) bond motifs is 1. The number of carbonyl (C=O) groups is 1. The lowest BCUT2D eigenvalue weighted by Crippen LogP contribution is -2.37. The predicted octanol–water partition coefficient (Wildman–Crippen LogP) is 5.70. The maximum atomic E-state index is 13.9. The van der Waals surface area contributed by atoms with E-state index in [-0.39, 0.29) is 24.1 Å². The number of benzene rings is 2. The third-order valence-electron chi connectivity index (χ3n) is 9.17. The normalized spacial score (nSPS) is 16.5. The molecule has 2 aliphatic heterocycles. The lowest BCUT2D eigenvalue weighted by molar-refractivity contribution is -0.138. The molecule has 2 fully saturated rings. The molecular formula is C35H36F3N7O3. The highest BCUT2D eigenvalue weighted by molar-refractivity contribution is 5.89. The molecule has 2 aliphatic rings. The van der Waals surface area contributed by atoms with Crippen LogP contribution >= 0.6 is 0 Å². The molecule has 13 heteroatoms. The number of imidazole rings is 2. The van der Waals surface area contributed by atoms with Crippen LogP contribution in [0.1, 0.15) is 51.3 Å². The van der Waals surface area contributed by atoms with Gasteiger partial charge in [-0.15, -0.1) is 5.10 Å². The van der Waals surface area contributed by atoms with E-state index in [1.807, 2.05) is 24.3 Å². The second-order valence-corrected chi connectivity index (χ2v) is 12.2. The van der Waals surface area contributed by atoms with Gasteiger partial charge in [-0.05, 0) is 55.2 Å². The predicted molar refractivity (Wildman–Crippen MR) is 173 cm³/mol. The molecule has 0 atom stereocenters. The summed E-state index contributed by atoms with van der Waals surface area (Å²) in [5, 5.41) is 5.05. The van der Waals surface area contributed by atoms with E-state index in [4.69, 9.17) is 19.6 Å². The fraction of sp³-hybridized carbons (Fsp3) is 0.371. The topological polar surface area (TPSA) is 101 Å².